The number of benzene rings is 4. The van der Waals surface area contributed by atoms with Crippen LogP contribution in [0, 0.1) is 0 Å². The first-order valence-corrected chi connectivity index (χ1v) is 13.0. The van der Waals surface area contributed by atoms with E-state index in [1.807, 2.05) is 54.6 Å². The summed E-state index contributed by atoms with van der Waals surface area (Å²) in [7, 11) is 0. The largest absolute Gasteiger partial charge is 0.416 e. The van der Waals surface area contributed by atoms with Gasteiger partial charge in [0, 0.05) is 10.9 Å². The molecule has 6 rings (SSSR count). The van der Waals surface area contributed by atoms with Crippen LogP contribution < -0.4 is 5.56 Å². The Morgan fingerprint density at radius 1 is 0.718 bits per heavy atom. The Balaban J connectivity index is 1.48. The molecule has 0 fully saturated rings. The van der Waals surface area contributed by atoms with Gasteiger partial charge >= 0.3 is 6.18 Å². The van der Waals surface area contributed by atoms with Gasteiger partial charge in [0.05, 0.1) is 33.4 Å². The van der Waals surface area contributed by atoms with Crippen LogP contribution in [0.4, 0.5) is 13.2 Å². The van der Waals surface area contributed by atoms with E-state index in [0.29, 0.717) is 27.6 Å². The Hall–Kier alpha value is -4.50. The third kappa shape index (κ3) is 4.88. The molecule has 2 heterocycles. The topological polar surface area (TPSA) is 60.7 Å². The van der Waals surface area contributed by atoms with Gasteiger partial charge in [-0.15, -0.1) is 0 Å². The molecular formula is C30H19F3N4OS. The van der Waals surface area contributed by atoms with E-state index in [1.54, 1.807) is 24.3 Å². The summed E-state index contributed by atoms with van der Waals surface area (Å²) < 4.78 is 41.8. The summed E-state index contributed by atoms with van der Waals surface area (Å²) >= 11 is 1.35. The lowest BCUT2D eigenvalue weighted by Gasteiger charge is -2.16. The minimum Gasteiger partial charge on any atom is -0.268 e. The molecule has 0 aliphatic carbocycles. The number of rotatable bonds is 5. The van der Waals surface area contributed by atoms with Crippen LogP contribution >= 0.6 is 11.8 Å². The van der Waals surface area contributed by atoms with E-state index >= 15 is 0 Å². The number of fused-ring (bicyclic) bond motifs is 2. The quantitative estimate of drug-likeness (QED) is 0.170. The van der Waals surface area contributed by atoms with E-state index in [1.165, 1.54) is 28.5 Å². The SMILES string of the molecule is O=c1c2ccccc2nc(CSc2nc(-c3ccccc3)nc3ccccc23)n1-c1cccc(C(F)(F)F)c1. The van der Waals surface area contributed by atoms with E-state index in [0.717, 1.165) is 28.6 Å². The van der Waals surface area contributed by atoms with Crippen molar-refractivity contribution in [1.82, 2.24) is 19.5 Å². The lowest BCUT2D eigenvalue weighted by molar-refractivity contribution is -0.137. The van der Waals surface area contributed by atoms with Gasteiger partial charge in [-0.25, -0.2) is 15.0 Å². The molecule has 6 aromatic rings. The second-order valence-electron chi connectivity index (χ2n) is 8.76. The zero-order chi connectivity index (χ0) is 27.0. The van der Waals surface area contributed by atoms with Crippen LogP contribution in [0.2, 0.25) is 0 Å². The molecule has 0 aliphatic rings. The highest BCUT2D eigenvalue weighted by molar-refractivity contribution is 7.98. The van der Waals surface area contributed by atoms with E-state index < -0.39 is 17.3 Å². The summed E-state index contributed by atoms with van der Waals surface area (Å²) in [6.07, 6.45) is -4.55. The van der Waals surface area contributed by atoms with Crippen LogP contribution in [-0.4, -0.2) is 19.5 Å². The molecule has 192 valence electrons. The van der Waals surface area contributed by atoms with Crippen LogP contribution in [-0.2, 0) is 11.9 Å². The highest BCUT2D eigenvalue weighted by Crippen LogP contribution is 2.32. The molecule has 4 aromatic carbocycles. The van der Waals surface area contributed by atoms with Gasteiger partial charge in [-0.05, 0) is 36.4 Å². The molecule has 39 heavy (non-hydrogen) atoms. The van der Waals surface area contributed by atoms with Gasteiger partial charge < -0.3 is 0 Å². The van der Waals surface area contributed by atoms with Gasteiger partial charge in [-0.2, -0.15) is 13.2 Å². The molecular weight excluding hydrogens is 521 g/mol. The van der Waals surface area contributed by atoms with E-state index in [9.17, 15) is 18.0 Å². The molecule has 2 aromatic heterocycles. The monoisotopic (exact) mass is 540 g/mol. The van der Waals surface area contributed by atoms with Gasteiger partial charge in [-0.1, -0.05) is 78.5 Å². The van der Waals surface area contributed by atoms with Gasteiger partial charge in [0.15, 0.2) is 5.82 Å². The fraction of sp³-hybridized carbons (Fsp3) is 0.0667. The molecule has 0 atom stereocenters. The lowest BCUT2D eigenvalue weighted by Crippen LogP contribution is -2.24. The third-order valence-electron chi connectivity index (χ3n) is 6.22. The molecule has 0 bridgehead atoms. The first kappa shape index (κ1) is 24.8. The molecule has 0 saturated carbocycles. The molecule has 0 spiro atoms. The fourth-order valence-corrected chi connectivity index (χ4v) is 5.31. The summed E-state index contributed by atoms with van der Waals surface area (Å²) in [6.45, 7) is 0. The maximum atomic E-state index is 13.6. The first-order chi connectivity index (χ1) is 18.9. The van der Waals surface area contributed by atoms with Crippen LogP contribution in [0.5, 0.6) is 0 Å². The van der Waals surface area contributed by atoms with E-state index in [2.05, 4.69) is 0 Å². The molecule has 9 heteroatoms. The number of para-hydroxylation sites is 2. The highest BCUT2D eigenvalue weighted by Gasteiger charge is 2.31. The maximum Gasteiger partial charge on any atom is 0.416 e. The normalized spacial score (nSPS) is 11.8. The van der Waals surface area contributed by atoms with Crippen molar-refractivity contribution in [3.63, 3.8) is 0 Å². The Labute approximate surface area is 225 Å². The zero-order valence-corrected chi connectivity index (χ0v) is 21.1. The summed E-state index contributed by atoms with van der Waals surface area (Å²) in [5.74, 6) is 1.05. The Bertz CT molecular complexity index is 1890. The second kappa shape index (κ2) is 9.99. The Morgan fingerprint density at radius 3 is 2.13 bits per heavy atom. The van der Waals surface area contributed by atoms with E-state index in [4.69, 9.17) is 15.0 Å². The number of hydrogen-bond donors (Lipinski definition) is 0. The molecule has 5 nitrogen and oxygen atoms in total. The number of aromatic nitrogens is 4. The van der Waals surface area contributed by atoms with Crippen LogP contribution in [0.1, 0.15) is 11.4 Å². The zero-order valence-electron chi connectivity index (χ0n) is 20.3. The minimum atomic E-state index is -4.55. The number of alkyl halides is 3. The number of thioether (sulfide) groups is 1. The van der Waals surface area contributed by atoms with Gasteiger partial charge in [0.2, 0.25) is 0 Å². The maximum absolute atomic E-state index is 13.6. The fourth-order valence-electron chi connectivity index (χ4n) is 4.37. The van der Waals surface area contributed by atoms with Crippen molar-refractivity contribution in [1.29, 1.82) is 0 Å². The van der Waals surface area contributed by atoms with Gasteiger partial charge in [0.25, 0.3) is 5.56 Å². The summed E-state index contributed by atoms with van der Waals surface area (Å²) in [5.41, 5.74) is 0.909. The Morgan fingerprint density at radius 2 is 1.38 bits per heavy atom. The molecule has 0 saturated heterocycles. The number of halogens is 3. The van der Waals surface area contributed by atoms with E-state index in [-0.39, 0.29) is 11.4 Å². The lowest BCUT2D eigenvalue weighted by atomic mass is 10.2. The summed E-state index contributed by atoms with van der Waals surface area (Å²) in [4.78, 5) is 27.8. The van der Waals surface area contributed by atoms with Crippen molar-refractivity contribution in [2.75, 3.05) is 0 Å². The van der Waals surface area contributed by atoms with Crippen LogP contribution in [0.25, 0.3) is 38.9 Å². The first-order valence-electron chi connectivity index (χ1n) is 12.0. The predicted octanol–water partition coefficient (Wildman–Crippen LogP) is 7.31. The van der Waals surface area contributed by atoms with Crippen molar-refractivity contribution in [2.24, 2.45) is 0 Å². The van der Waals surface area contributed by atoms with Crippen molar-refractivity contribution in [3.8, 4) is 17.1 Å². The molecule has 0 amide bonds. The molecule has 0 unspecified atom stereocenters. The van der Waals surface area contributed by atoms with Gasteiger partial charge in [-0.3, -0.25) is 9.36 Å². The average molecular weight is 541 g/mol. The molecule has 0 radical (unpaired) electrons. The minimum absolute atomic E-state index is 0.0983. The summed E-state index contributed by atoms with van der Waals surface area (Å²) in [6, 6.07) is 28.7. The number of nitrogens with zero attached hydrogens (tertiary/aromatic N) is 4. The van der Waals surface area contributed by atoms with Gasteiger partial charge in [0.1, 0.15) is 10.9 Å². The highest BCUT2D eigenvalue weighted by atomic mass is 32.2. The standard InChI is InChI=1S/C30H19F3N4OS/c31-30(32,33)20-11-8-12-21(17-20)37-26(34-25-16-7-5-14-23(25)29(37)38)18-39-28-22-13-4-6-15-24(22)35-27(36-28)19-9-2-1-3-10-19/h1-17H,18H2. The molecule has 0 N–H and O–H groups in total. The average Bonchev–Trinajstić information content (AvgIpc) is 2.96. The van der Waals surface area contributed by atoms with Crippen molar-refractivity contribution in [3.05, 3.63) is 125 Å². The van der Waals surface area contributed by atoms with Crippen molar-refractivity contribution < 1.29 is 13.2 Å². The molecule has 0 aliphatic heterocycles. The smallest absolute Gasteiger partial charge is 0.268 e. The Kier molecular flexibility index (Phi) is 6.36. The summed E-state index contributed by atoms with van der Waals surface area (Å²) in [5, 5.41) is 1.83. The predicted molar refractivity (Wildman–Crippen MR) is 147 cm³/mol. The van der Waals surface area contributed by atoms with Crippen LogP contribution in [0.3, 0.4) is 0 Å². The second-order valence-corrected chi connectivity index (χ2v) is 9.72. The van der Waals surface area contributed by atoms with Crippen LogP contribution in [0.15, 0.2) is 113 Å². The van der Waals surface area contributed by atoms with Crippen molar-refractivity contribution in [2.45, 2.75) is 17.0 Å². The number of hydrogen-bond acceptors (Lipinski definition) is 5. The third-order valence-corrected chi connectivity index (χ3v) is 7.20. The van der Waals surface area contributed by atoms with Crippen molar-refractivity contribution >= 4 is 33.6 Å².